The average Bonchev–Trinajstić information content (AvgIpc) is 2.17. The fourth-order valence-electron chi connectivity index (χ4n) is 0.982. The van der Waals surface area contributed by atoms with E-state index < -0.39 is 7.12 Å². The van der Waals surface area contributed by atoms with E-state index in [0.717, 1.165) is 0 Å². The average molecular weight is 179 g/mol. The van der Waals surface area contributed by atoms with E-state index in [4.69, 9.17) is 15.3 Å². The number of oxime groups is 1. The molecule has 0 bridgehead atoms. The molecule has 68 valence electrons. The Labute approximate surface area is 76.3 Å². The summed E-state index contributed by atoms with van der Waals surface area (Å²) in [5.41, 5.74) is 1.47. The van der Waals surface area contributed by atoms with Crippen LogP contribution in [-0.2, 0) is 0 Å². The number of benzene rings is 1. The van der Waals surface area contributed by atoms with Crippen molar-refractivity contribution >= 4 is 18.3 Å². The molecule has 0 aromatic heterocycles. The molecule has 5 heteroatoms. The Morgan fingerprint density at radius 1 is 1.38 bits per heavy atom. The van der Waals surface area contributed by atoms with Gasteiger partial charge in [-0.25, -0.2) is 0 Å². The van der Waals surface area contributed by atoms with Crippen LogP contribution in [0.4, 0.5) is 0 Å². The largest absolute Gasteiger partial charge is 0.488 e. The second-order valence-corrected chi connectivity index (χ2v) is 2.68. The molecular weight excluding hydrogens is 169 g/mol. The third kappa shape index (κ3) is 2.30. The van der Waals surface area contributed by atoms with E-state index in [1.165, 1.54) is 0 Å². The van der Waals surface area contributed by atoms with Crippen molar-refractivity contribution < 1.29 is 15.3 Å². The number of rotatable bonds is 2. The quantitative estimate of drug-likeness (QED) is 0.249. The lowest BCUT2D eigenvalue weighted by Crippen LogP contribution is -2.30. The van der Waals surface area contributed by atoms with Crippen LogP contribution in [0.25, 0.3) is 0 Å². The first kappa shape index (κ1) is 9.76. The van der Waals surface area contributed by atoms with Gasteiger partial charge >= 0.3 is 7.12 Å². The Hall–Kier alpha value is -1.33. The molecule has 0 saturated heterocycles. The first-order valence-corrected chi connectivity index (χ1v) is 3.80. The van der Waals surface area contributed by atoms with Crippen LogP contribution in [-0.4, -0.2) is 28.1 Å². The Balaban J connectivity index is 3.05. The van der Waals surface area contributed by atoms with Gasteiger partial charge < -0.3 is 15.3 Å². The highest BCUT2D eigenvalue weighted by molar-refractivity contribution is 6.58. The molecule has 0 spiro atoms. The molecule has 4 nitrogen and oxygen atoms in total. The van der Waals surface area contributed by atoms with Gasteiger partial charge in [0.25, 0.3) is 0 Å². The standard InChI is InChI=1S/C8H10BNO3/c1-6(10-13)7-3-2-4-8(5-7)9(11)12/h2-5,11-13H,1H3. The van der Waals surface area contributed by atoms with Crippen LogP contribution in [0, 0.1) is 0 Å². The van der Waals surface area contributed by atoms with Crippen LogP contribution in [0.5, 0.6) is 0 Å². The summed E-state index contributed by atoms with van der Waals surface area (Å²) in [7, 11) is -1.49. The number of hydrogen-bond donors (Lipinski definition) is 3. The molecule has 0 atom stereocenters. The molecule has 1 aromatic carbocycles. The van der Waals surface area contributed by atoms with Crippen molar-refractivity contribution in [3.8, 4) is 0 Å². The van der Waals surface area contributed by atoms with E-state index in [1.807, 2.05) is 0 Å². The lowest BCUT2D eigenvalue weighted by molar-refractivity contribution is 0.319. The lowest BCUT2D eigenvalue weighted by atomic mass is 9.79. The lowest BCUT2D eigenvalue weighted by Gasteiger charge is -2.02. The molecule has 0 unspecified atom stereocenters. The zero-order chi connectivity index (χ0) is 9.84. The van der Waals surface area contributed by atoms with E-state index >= 15 is 0 Å². The van der Waals surface area contributed by atoms with E-state index in [2.05, 4.69) is 5.16 Å². The second-order valence-electron chi connectivity index (χ2n) is 2.68. The smallest absolute Gasteiger partial charge is 0.423 e. The Kier molecular flexibility index (Phi) is 3.05. The molecule has 0 amide bonds. The summed E-state index contributed by atoms with van der Waals surface area (Å²) in [6.45, 7) is 1.63. The maximum Gasteiger partial charge on any atom is 0.488 e. The summed E-state index contributed by atoms with van der Waals surface area (Å²) in [5, 5.41) is 29.2. The van der Waals surface area contributed by atoms with Gasteiger partial charge in [0.05, 0.1) is 5.71 Å². The van der Waals surface area contributed by atoms with Crippen LogP contribution in [0.3, 0.4) is 0 Å². The molecule has 0 saturated carbocycles. The van der Waals surface area contributed by atoms with Gasteiger partial charge in [-0.15, -0.1) is 0 Å². The highest BCUT2D eigenvalue weighted by Crippen LogP contribution is 1.99. The van der Waals surface area contributed by atoms with Gasteiger partial charge in [0.15, 0.2) is 0 Å². The minimum atomic E-state index is -1.49. The summed E-state index contributed by atoms with van der Waals surface area (Å²) in [5.74, 6) is 0. The predicted molar refractivity (Wildman–Crippen MR) is 50.3 cm³/mol. The highest BCUT2D eigenvalue weighted by atomic mass is 16.4. The van der Waals surface area contributed by atoms with Crippen LogP contribution >= 0.6 is 0 Å². The normalized spacial score (nSPS) is 11.5. The molecule has 0 aliphatic carbocycles. The molecule has 13 heavy (non-hydrogen) atoms. The Bertz CT molecular complexity index is 325. The van der Waals surface area contributed by atoms with Crippen LogP contribution < -0.4 is 5.46 Å². The fraction of sp³-hybridized carbons (Fsp3) is 0.125. The van der Waals surface area contributed by atoms with Gasteiger partial charge in [-0.1, -0.05) is 29.4 Å². The summed E-state index contributed by atoms with van der Waals surface area (Å²) in [6, 6.07) is 6.53. The topological polar surface area (TPSA) is 73.1 Å². The molecule has 3 N–H and O–H groups in total. The number of nitrogens with zero attached hydrogens (tertiary/aromatic N) is 1. The molecule has 0 aliphatic heterocycles. The Morgan fingerprint density at radius 2 is 2.08 bits per heavy atom. The minimum absolute atomic E-state index is 0.375. The zero-order valence-electron chi connectivity index (χ0n) is 7.18. The Morgan fingerprint density at radius 3 is 2.62 bits per heavy atom. The van der Waals surface area contributed by atoms with Gasteiger partial charge in [0.2, 0.25) is 0 Å². The zero-order valence-corrected chi connectivity index (χ0v) is 7.18. The van der Waals surface area contributed by atoms with E-state index in [1.54, 1.807) is 31.2 Å². The molecule has 0 aliphatic rings. The van der Waals surface area contributed by atoms with E-state index in [9.17, 15) is 0 Å². The first-order chi connectivity index (χ1) is 6.15. The van der Waals surface area contributed by atoms with E-state index in [-0.39, 0.29) is 0 Å². The van der Waals surface area contributed by atoms with Crippen molar-refractivity contribution in [2.75, 3.05) is 0 Å². The highest BCUT2D eigenvalue weighted by Gasteiger charge is 2.11. The van der Waals surface area contributed by atoms with Crippen molar-refractivity contribution in [3.63, 3.8) is 0 Å². The van der Waals surface area contributed by atoms with Crippen molar-refractivity contribution in [2.45, 2.75) is 6.92 Å². The minimum Gasteiger partial charge on any atom is -0.423 e. The third-order valence-electron chi connectivity index (χ3n) is 1.75. The van der Waals surface area contributed by atoms with Crippen molar-refractivity contribution in [1.82, 2.24) is 0 Å². The molecule has 0 heterocycles. The summed E-state index contributed by atoms with van der Waals surface area (Å²) >= 11 is 0. The molecular formula is C8H10BNO3. The van der Waals surface area contributed by atoms with Crippen LogP contribution in [0.2, 0.25) is 0 Å². The second kappa shape index (κ2) is 4.07. The van der Waals surface area contributed by atoms with Gasteiger partial charge in [-0.05, 0) is 17.9 Å². The third-order valence-corrected chi connectivity index (χ3v) is 1.75. The van der Waals surface area contributed by atoms with Gasteiger partial charge in [0.1, 0.15) is 0 Å². The van der Waals surface area contributed by atoms with Crippen LogP contribution in [0.15, 0.2) is 29.4 Å². The molecule has 0 radical (unpaired) electrons. The van der Waals surface area contributed by atoms with Crippen molar-refractivity contribution in [2.24, 2.45) is 5.16 Å². The SMILES string of the molecule is CC(=NO)c1cccc(B(O)O)c1. The first-order valence-electron chi connectivity index (χ1n) is 3.80. The summed E-state index contributed by atoms with van der Waals surface area (Å²) < 4.78 is 0. The molecule has 0 fully saturated rings. The van der Waals surface area contributed by atoms with Gasteiger partial charge in [-0.3, -0.25) is 0 Å². The van der Waals surface area contributed by atoms with E-state index in [0.29, 0.717) is 16.7 Å². The maximum atomic E-state index is 8.86. The van der Waals surface area contributed by atoms with Crippen molar-refractivity contribution in [3.05, 3.63) is 29.8 Å². The molecule has 1 rings (SSSR count). The summed E-state index contributed by atoms with van der Waals surface area (Å²) in [4.78, 5) is 0. The maximum absolute atomic E-state index is 8.86. The molecule has 1 aromatic rings. The fourth-order valence-corrected chi connectivity index (χ4v) is 0.982. The van der Waals surface area contributed by atoms with Crippen LogP contribution in [0.1, 0.15) is 12.5 Å². The van der Waals surface area contributed by atoms with Crippen molar-refractivity contribution in [1.29, 1.82) is 0 Å². The van der Waals surface area contributed by atoms with Gasteiger partial charge in [0, 0.05) is 0 Å². The monoisotopic (exact) mass is 179 g/mol. The van der Waals surface area contributed by atoms with Gasteiger partial charge in [-0.2, -0.15) is 0 Å². The summed E-state index contributed by atoms with van der Waals surface area (Å²) in [6.07, 6.45) is 0. The predicted octanol–water partition coefficient (Wildman–Crippen LogP) is -0.435. The number of hydrogen-bond acceptors (Lipinski definition) is 4.